The second-order valence-electron chi connectivity index (χ2n) is 9.04. The summed E-state index contributed by atoms with van der Waals surface area (Å²) in [5.41, 5.74) is 12.8. The summed E-state index contributed by atoms with van der Waals surface area (Å²) in [4.78, 5) is 12.0. The molecule has 0 radical (unpaired) electrons. The smallest absolute Gasteiger partial charge is 0.337 e. The maximum absolute atomic E-state index is 12.6. The first kappa shape index (κ1) is 32.1. The number of carbonyl (C=O) groups is 1. The van der Waals surface area contributed by atoms with Crippen molar-refractivity contribution in [3.8, 4) is 11.4 Å². The van der Waals surface area contributed by atoms with E-state index in [9.17, 15) is 13.6 Å². The summed E-state index contributed by atoms with van der Waals surface area (Å²) in [5, 5.41) is 0. The Morgan fingerprint density at radius 1 is 1.00 bits per heavy atom. The normalized spacial score (nSPS) is 12.4. The molecular weight excluding hydrogens is 510 g/mol. The average molecular weight is 551 g/mol. The van der Waals surface area contributed by atoms with Gasteiger partial charge in [0.15, 0.2) is 0 Å². The highest BCUT2D eigenvalue weighted by atomic mass is 19.1. The summed E-state index contributed by atoms with van der Waals surface area (Å²) < 4.78 is 37.8. The number of allylic oxidation sites excluding steroid dienone is 6. The van der Waals surface area contributed by atoms with Gasteiger partial charge in [-0.3, -0.25) is 0 Å². The molecule has 5 nitrogen and oxygen atoms in total. The monoisotopic (exact) mass is 550 g/mol. The molecule has 2 aromatic carbocycles. The zero-order valence-corrected chi connectivity index (χ0v) is 24.5. The summed E-state index contributed by atoms with van der Waals surface area (Å²) >= 11 is 0. The van der Waals surface area contributed by atoms with E-state index >= 15 is 0 Å². The molecule has 7 heteroatoms. The Labute approximate surface area is 236 Å². The Hall–Kier alpha value is -4.13. The molecule has 40 heavy (non-hydrogen) atoms. The van der Waals surface area contributed by atoms with Crippen molar-refractivity contribution in [2.45, 2.75) is 54.4 Å². The van der Waals surface area contributed by atoms with Gasteiger partial charge in [0.2, 0.25) is 0 Å². The zero-order valence-electron chi connectivity index (χ0n) is 24.5. The Balaban J connectivity index is 0.000000391. The van der Waals surface area contributed by atoms with Gasteiger partial charge in [0.05, 0.1) is 19.3 Å². The predicted octanol–water partition coefficient (Wildman–Crippen LogP) is 8.52. The van der Waals surface area contributed by atoms with Gasteiger partial charge >= 0.3 is 5.97 Å². The average Bonchev–Trinajstić information content (AvgIpc) is 3.24. The number of hydrogen-bond acceptors (Lipinski definition) is 4. The fourth-order valence-corrected chi connectivity index (χ4v) is 4.15. The summed E-state index contributed by atoms with van der Waals surface area (Å²) in [6, 6.07) is 15.7. The van der Waals surface area contributed by atoms with E-state index < -0.39 is 5.97 Å². The molecule has 0 spiro atoms. The molecule has 0 atom stereocenters. The second-order valence-corrected chi connectivity index (χ2v) is 9.04. The number of halogens is 2. The fourth-order valence-electron chi connectivity index (χ4n) is 4.15. The molecule has 214 valence electrons. The quantitative estimate of drug-likeness (QED) is 0.247. The van der Waals surface area contributed by atoms with E-state index in [0.29, 0.717) is 29.9 Å². The molecule has 0 bridgehead atoms. The number of aromatic nitrogens is 1. The number of aryl methyl sites for hydroxylation is 2. The number of hydrogen-bond donors (Lipinski definition) is 1. The van der Waals surface area contributed by atoms with Crippen molar-refractivity contribution in [1.82, 2.24) is 4.57 Å². The van der Waals surface area contributed by atoms with Crippen molar-refractivity contribution in [1.29, 1.82) is 0 Å². The first-order valence-electron chi connectivity index (χ1n) is 13.4. The van der Waals surface area contributed by atoms with Gasteiger partial charge in [0, 0.05) is 41.2 Å². The van der Waals surface area contributed by atoms with Crippen molar-refractivity contribution in [3.05, 3.63) is 112 Å². The number of nitrogen functional groups attached to an aromatic ring is 1. The van der Waals surface area contributed by atoms with E-state index in [0.717, 1.165) is 28.4 Å². The van der Waals surface area contributed by atoms with Crippen LogP contribution in [0.3, 0.4) is 0 Å². The van der Waals surface area contributed by atoms with Gasteiger partial charge in [0.1, 0.15) is 17.4 Å². The molecule has 1 aliphatic rings. The van der Waals surface area contributed by atoms with Crippen molar-refractivity contribution >= 4 is 11.7 Å². The molecule has 0 saturated carbocycles. The molecule has 1 heterocycles. The van der Waals surface area contributed by atoms with E-state index in [1.807, 2.05) is 39.8 Å². The molecule has 4 rings (SSSR count). The maximum Gasteiger partial charge on any atom is 0.337 e. The summed E-state index contributed by atoms with van der Waals surface area (Å²) in [6.45, 7) is 12.3. The van der Waals surface area contributed by atoms with Gasteiger partial charge in [0.25, 0.3) is 0 Å². The highest BCUT2D eigenvalue weighted by molar-refractivity contribution is 5.91. The Morgan fingerprint density at radius 2 is 1.73 bits per heavy atom. The highest BCUT2D eigenvalue weighted by Gasteiger charge is 2.15. The maximum atomic E-state index is 12.6. The number of benzene rings is 2. The standard InChI is InChI=1S/C23H26N2O3.C8H8F2.C2H6/c1-5-28-22-9-6-15(2)10-17(22)12-20-8-7-16(3)25(20)21-13-18(23(26)27-4)11-19(24)14-21;1-6-2-3-7(9)4-5-8(6)10;1-2/h6-11,13-14H,5,12,24H2,1-4H3;2-4H,5H2,1H3;1-2H3. The third-order valence-corrected chi connectivity index (χ3v) is 6.06. The first-order valence-corrected chi connectivity index (χ1v) is 13.4. The van der Waals surface area contributed by atoms with Gasteiger partial charge in [-0.05, 0) is 81.8 Å². The molecule has 1 aromatic heterocycles. The van der Waals surface area contributed by atoms with Crippen LogP contribution in [0.4, 0.5) is 14.5 Å². The van der Waals surface area contributed by atoms with Crippen molar-refractivity contribution in [2.24, 2.45) is 0 Å². The number of esters is 1. The largest absolute Gasteiger partial charge is 0.494 e. The zero-order chi connectivity index (χ0) is 29.8. The third-order valence-electron chi connectivity index (χ3n) is 6.06. The van der Waals surface area contributed by atoms with Gasteiger partial charge in [-0.15, -0.1) is 0 Å². The number of methoxy groups -OCH3 is 1. The second kappa shape index (κ2) is 15.5. The minimum Gasteiger partial charge on any atom is -0.494 e. The van der Waals surface area contributed by atoms with Crippen molar-refractivity contribution < 1.29 is 23.0 Å². The minimum absolute atomic E-state index is 0.0741. The number of rotatable bonds is 6. The van der Waals surface area contributed by atoms with Crippen LogP contribution in [-0.4, -0.2) is 24.3 Å². The fraction of sp³-hybridized carbons (Fsp3) is 0.303. The Bertz CT molecular complexity index is 1400. The van der Waals surface area contributed by atoms with Crippen LogP contribution in [0.2, 0.25) is 0 Å². The molecule has 0 unspecified atom stereocenters. The predicted molar refractivity (Wildman–Crippen MR) is 160 cm³/mol. The number of anilines is 1. The first-order chi connectivity index (χ1) is 19.1. The SMILES string of the molecule is CC.CC1=C(F)CC=C(F)C=C1.CCOc1ccc(C)cc1Cc1ccc(C)n1-c1cc(N)cc(C(=O)OC)c1. The van der Waals surface area contributed by atoms with Gasteiger partial charge in [-0.1, -0.05) is 37.6 Å². The van der Waals surface area contributed by atoms with E-state index in [-0.39, 0.29) is 18.1 Å². The Kier molecular flexibility index (Phi) is 12.4. The molecule has 0 fully saturated rings. The van der Waals surface area contributed by atoms with E-state index in [2.05, 4.69) is 35.8 Å². The minimum atomic E-state index is -0.405. The van der Waals surface area contributed by atoms with Crippen LogP contribution in [0, 0.1) is 13.8 Å². The summed E-state index contributed by atoms with van der Waals surface area (Å²) in [5.74, 6) is -0.144. The molecule has 0 amide bonds. The lowest BCUT2D eigenvalue weighted by Crippen LogP contribution is -2.08. The number of nitrogens with zero attached hydrogens (tertiary/aromatic N) is 1. The van der Waals surface area contributed by atoms with Gasteiger partial charge < -0.3 is 19.8 Å². The number of nitrogens with two attached hydrogens (primary N) is 1. The summed E-state index contributed by atoms with van der Waals surface area (Å²) in [6.07, 6.45) is 4.70. The van der Waals surface area contributed by atoms with Crippen LogP contribution in [0.25, 0.3) is 5.69 Å². The number of ether oxygens (including phenoxy) is 2. The lowest BCUT2D eigenvalue weighted by molar-refractivity contribution is 0.0600. The molecule has 0 saturated heterocycles. The molecule has 0 aliphatic heterocycles. The number of carbonyl (C=O) groups excluding carboxylic acids is 1. The third kappa shape index (κ3) is 8.70. The topological polar surface area (TPSA) is 66.5 Å². The Morgan fingerprint density at radius 3 is 2.40 bits per heavy atom. The van der Waals surface area contributed by atoms with Gasteiger partial charge in [-0.2, -0.15) is 0 Å². The van der Waals surface area contributed by atoms with Crippen LogP contribution in [-0.2, 0) is 11.2 Å². The molecule has 1 aliphatic carbocycles. The summed E-state index contributed by atoms with van der Waals surface area (Å²) in [7, 11) is 1.37. The van der Waals surface area contributed by atoms with Crippen LogP contribution in [0.15, 0.2) is 84.0 Å². The van der Waals surface area contributed by atoms with Crippen molar-refractivity contribution in [2.75, 3.05) is 19.5 Å². The van der Waals surface area contributed by atoms with Crippen molar-refractivity contribution in [3.63, 3.8) is 0 Å². The molecular formula is C33H40F2N2O3. The van der Waals surface area contributed by atoms with E-state index in [4.69, 9.17) is 15.2 Å². The lowest BCUT2D eigenvalue weighted by Gasteiger charge is -2.16. The molecule has 2 N–H and O–H groups in total. The van der Waals surface area contributed by atoms with Gasteiger partial charge in [-0.25, -0.2) is 13.6 Å². The van der Waals surface area contributed by atoms with E-state index in [1.165, 1.54) is 30.9 Å². The lowest BCUT2D eigenvalue weighted by atomic mass is 10.1. The van der Waals surface area contributed by atoms with Crippen LogP contribution < -0.4 is 10.5 Å². The molecule has 3 aromatic rings. The highest BCUT2D eigenvalue weighted by Crippen LogP contribution is 2.27. The van der Waals surface area contributed by atoms with Crippen LogP contribution in [0.5, 0.6) is 5.75 Å². The van der Waals surface area contributed by atoms with Crippen LogP contribution >= 0.6 is 0 Å². The van der Waals surface area contributed by atoms with Crippen LogP contribution in [0.1, 0.15) is 67.0 Å². The van der Waals surface area contributed by atoms with E-state index in [1.54, 1.807) is 19.1 Å².